The molecular formula is C12H17N3O3. The Balaban J connectivity index is 2.30. The van der Waals surface area contributed by atoms with Crippen LogP contribution in [-0.2, 0) is 9.47 Å². The molecule has 0 aliphatic carbocycles. The number of anilines is 1. The highest BCUT2D eigenvalue weighted by molar-refractivity contribution is 5.94. The van der Waals surface area contributed by atoms with Gasteiger partial charge in [-0.1, -0.05) is 0 Å². The number of aryl methyl sites for hydroxylation is 1. The van der Waals surface area contributed by atoms with Gasteiger partial charge in [-0.25, -0.2) is 14.8 Å². The zero-order chi connectivity index (χ0) is 13.0. The molecule has 0 atom stereocenters. The summed E-state index contributed by atoms with van der Waals surface area (Å²) in [6.07, 6.45) is 1.53. The predicted octanol–water partition coefficient (Wildman–Crippen LogP) is 0.798. The van der Waals surface area contributed by atoms with Crippen LogP contribution in [-0.4, -0.2) is 48.8 Å². The van der Waals surface area contributed by atoms with Crippen LogP contribution in [0.2, 0.25) is 0 Å². The molecule has 2 rings (SSSR count). The fraction of sp³-hybridized carbons (Fsp3) is 0.583. The minimum absolute atomic E-state index is 0.343. The van der Waals surface area contributed by atoms with Gasteiger partial charge in [-0.15, -0.1) is 0 Å². The maximum absolute atomic E-state index is 11.9. The van der Waals surface area contributed by atoms with Crippen LogP contribution in [0.1, 0.15) is 23.1 Å². The average Bonchev–Trinajstić information content (AvgIpc) is 2.40. The van der Waals surface area contributed by atoms with Crippen LogP contribution in [0.15, 0.2) is 6.20 Å². The molecule has 1 aromatic heterocycles. The molecule has 0 radical (unpaired) electrons. The molecular weight excluding hydrogens is 234 g/mol. The average molecular weight is 251 g/mol. The lowest BCUT2D eigenvalue weighted by Gasteiger charge is -2.28. The van der Waals surface area contributed by atoms with Crippen molar-refractivity contribution in [1.29, 1.82) is 0 Å². The predicted molar refractivity (Wildman–Crippen MR) is 65.8 cm³/mol. The van der Waals surface area contributed by atoms with E-state index in [1.54, 1.807) is 13.8 Å². The number of rotatable bonds is 3. The normalized spacial score (nSPS) is 15.6. The molecule has 98 valence electrons. The third-order valence-electron chi connectivity index (χ3n) is 2.70. The summed E-state index contributed by atoms with van der Waals surface area (Å²) in [5.74, 6) is 0.910. The Morgan fingerprint density at radius 2 is 2.22 bits per heavy atom. The number of carbonyl (C=O) groups is 1. The van der Waals surface area contributed by atoms with Gasteiger partial charge in [0.05, 0.1) is 19.8 Å². The van der Waals surface area contributed by atoms with E-state index in [9.17, 15) is 4.79 Å². The Morgan fingerprint density at radius 3 is 2.89 bits per heavy atom. The second kappa shape index (κ2) is 5.77. The summed E-state index contributed by atoms with van der Waals surface area (Å²) in [4.78, 5) is 22.3. The van der Waals surface area contributed by atoms with Crippen molar-refractivity contribution < 1.29 is 14.3 Å². The lowest BCUT2D eigenvalue weighted by Crippen LogP contribution is -2.38. The van der Waals surface area contributed by atoms with Crippen molar-refractivity contribution in [3.63, 3.8) is 0 Å². The van der Waals surface area contributed by atoms with E-state index < -0.39 is 0 Å². The monoisotopic (exact) mass is 251 g/mol. The van der Waals surface area contributed by atoms with Crippen LogP contribution in [0.5, 0.6) is 0 Å². The van der Waals surface area contributed by atoms with Crippen molar-refractivity contribution in [2.24, 2.45) is 0 Å². The summed E-state index contributed by atoms with van der Waals surface area (Å²) in [7, 11) is 0. The summed E-state index contributed by atoms with van der Waals surface area (Å²) < 4.78 is 10.3. The summed E-state index contributed by atoms with van der Waals surface area (Å²) in [5.41, 5.74) is 0.421. The molecule has 1 aromatic rings. The van der Waals surface area contributed by atoms with Gasteiger partial charge < -0.3 is 14.4 Å². The van der Waals surface area contributed by atoms with Crippen molar-refractivity contribution in [3.8, 4) is 0 Å². The molecule has 6 heteroatoms. The molecule has 0 unspecified atom stereocenters. The van der Waals surface area contributed by atoms with Crippen LogP contribution in [0.3, 0.4) is 0 Å². The fourth-order valence-electron chi connectivity index (χ4n) is 1.83. The van der Waals surface area contributed by atoms with Crippen LogP contribution in [0, 0.1) is 6.92 Å². The van der Waals surface area contributed by atoms with E-state index in [0.717, 1.165) is 13.1 Å². The molecule has 0 aromatic carbocycles. The first-order valence-corrected chi connectivity index (χ1v) is 6.06. The Kier molecular flexibility index (Phi) is 4.09. The van der Waals surface area contributed by atoms with Gasteiger partial charge in [-0.2, -0.15) is 0 Å². The van der Waals surface area contributed by atoms with Gasteiger partial charge in [-0.3, -0.25) is 0 Å². The number of nitrogens with zero attached hydrogens (tertiary/aromatic N) is 3. The van der Waals surface area contributed by atoms with E-state index in [1.807, 2.05) is 4.90 Å². The van der Waals surface area contributed by atoms with Gasteiger partial charge in [0.2, 0.25) is 0 Å². The number of esters is 1. The van der Waals surface area contributed by atoms with Crippen LogP contribution < -0.4 is 4.90 Å². The first-order chi connectivity index (χ1) is 8.72. The van der Waals surface area contributed by atoms with E-state index >= 15 is 0 Å². The highest BCUT2D eigenvalue weighted by atomic mass is 16.5. The number of morpholine rings is 1. The van der Waals surface area contributed by atoms with Crippen LogP contribution in [0.25, 0.3) is 0 Å². The molecule has 0 saturated carbocycles. The number of carbonyl (C=O) groups excluding carboxylic acids is 1. The first-order valence-electron chi connectivity index (χ1n) is 6.06. The molecule has 18 heavy (non-hydrogen) atoms. The molecule has 0 spiro atoms. The third-order valence-corrected chi connectivity index (χ3v) is 2.70. The number of hydrogen-bond acceptors (Lipinski definition) is 6. The molecule has 0 amide bonds. The summed E-state index contributed by atoms with van der Waals surface area (Å²) in [6.45, 7) is 6.66. The Morgan fingerprint density at radius 1 is 1.50 bits per heavy atom. The van der Waals surface area contributed by atoms with Gasteiger partial charge in [-0.05, 0) is 13.8 Å². The minimum Gasteiger partial charge on any atom is -0.462 e. The topological polar surface area (TPSA) is 64.5 Å². The molecule has 1 aliphatic heterocycles. The van der Waals surface area contributed by atoms with Gasteiger partial charge in [0.15, 0.2) is 0 Å². The van der Waals surface area contributed by atoms with Crippen molar-refractivity contribution in [2.75, 3.05) is 37.8 Å². The zero-order valence-corrected chi connectivity index (χ0v) is 10.7. The van der Waals surface area contributed by atoms with Crippen molar-refractivity contribution in [3.05, 3.63) is 17.6 Å². The standard InChI is InChI=1S/C12H17N3O3/c1-3-18-12(16)10-8-13-9(2)14-11(10)15-4-6-17-7-5-15/h8H,3-7H2,1-2H3. The second-order valence-corrected chi connectivity index (χ2v) is 3.97. The zero-order valence-electron chi connectivity index (χ0n) is 10.7. The highest BCUT2D eigenvalue weighted by Crippen LogP contribution is 2.19. The largest absolute Gasteiger partial charge is 0.462 e. The van der Waals surface area contributed by atoms with Crippen LogP contribution >= 0.6 is 0 Å². The maximum atomic E-state index is 11.9. The second-order valence-electron chi connectivity index (χ2n) is 3.97. The van der Waals surface area contributed by atoms with Gasteiger partial charge in [0.1, 0.15) is 17.2 Å². The van der Waals surface area contributed by atoms with Crippen molar-refractivity contribution in [1.82, 2.24) is 9.97 Å². The van der Waals surface area contributed by atoms with E-state index in [4.69, 9.17) is 9.47 Å². The maximum Gasteiger partial charge on any atom is 0.343 e. The number of hydrogen-bond donors (Lipinski definition) is 0. The number of aromatic nitrogens is 2. The molecule has 1 fully saturated rings. The van der Waals surface area contributed by atoms with Gasteiger partial charge in [0, 0.05) is 19.3 Å². The Labute approximate surface area is 106 Å². The SMILES string of the molecule is CCOC(=O)c1cnc(C)nc1N1CCOCC1. The Hall–Kier alpha value is -1.69. The van der Waals surface area contributed by atoms with E-state index in [0.29, 0.717) is 37.0 Å². The van der Waals surface area contributed by atoms with Crippen molar-refractivity contribution >= 4 is 11.8 Å². The number of ether oxygens (including phenoxy) is 2. The molecule has 0 bridgehead atoms. The summed E-state index contributed by atoms with van der Waals surface area (Å²) >= 11 is 0. The fourth-order valence-corrected chi connectivity index (χ4v) is 1.83. The molecule has 1 aliphatic rings. The first kappa shape index (κ1) is 12.8. The van der Waals surface area contributed by atoms with Crippen LogP contribution in [0.4, 0.5) is 5.82 Å². The summed E-state index contributed by atoms with van der Waals surface area (Å²) in [6, 6.07) is 0. The third kappa shape index (κ3) is 2.76. The molecule has 1 saturated heterocycles. The Bertz CT molecular complexity index is 431. The van der Waals surface area contributed by atoms with Gasteiger partial charge >= 0.3 is 5.97 Å². The van der Waals surface area contributed by atoms with Crippen molar-refractivity contribution in [2.45, 2.75) is 13.8 Å². The molecule has 6 nitrogen and oxygen atoms in total. The quantitative estimate of drug-likeness (QED) is 0.740. The highest BCUT2D eigenvalue weighted by Gasteiger charge is 2.21. The minimum atomic E-state index is -0.376. The van der Waals surface area contributed by atoms with E-state index in [1.165, 1.54) is 6.20 Å². The molecule has 0 N–H and O–H groups in total. The van der Waals surface area contributed by atoms with E-state index in [2.05, 4.69) is 9.97 Å². The van der Waals surface area contributed by atoms with E-state index in [-0.39, 0.29) is 5.97 Å². The smallest absolute Gasteiger partial charge is 0.343 e. The molecule has 2 heterocycles. The summed E-state index contributed by atoms with van der Waals surface area (Å²) in [5, 5.41) is 0. The lowest BCUT2D eigenvalue weighted by atomic mass is 10.2. The van der Waals surface area contributed by atoms with Gasteiger partial charge in [0.25, 0.3) is 0 Å². The lowest BCUT2D eigenvalue weighted by molar-refractivity contribution is 0.0525.